The second-order valence-corrected chi connectivity index (χ2v) is 8.78. The third-order valence-corrected chi connectivity index (χ3v) is 5.77. The number of hydrogen-bond acceptors (Lipinski definition) is 3. The Morgan fingerprint density at radius 1 is 1.14 bits per heavy atom. The summed E-state index contributed by atoms with van der Waals surface area (Å²) in [5, 5.41) is 5.83. The van der Waals surface area contributed by atoms with Gasteiger partial charge in [0.05, 0.1) is 22.3 Å². The van der Waals surface area contributed by atoms with Gasteiger partial charge in [-0.2, -0.15) is 0 Å². The van der Waals surface area contributed by atoms with Crippen molar-refractivity contribution in [1.29, 1.82) is 0 Å². The van der Waals surface area contributed by atoms with E-state index in [9.17, 15) is 4.79 Å². The molecule has 154 valence electrons. The number of hydrogen-bond donors (Lipinski definition) is 0. The van der Waals surface area contributed by atoms with Crippen molar-refractivity contribution in [2.75, 3.05) is 6.54 Å². The minimum absolute atomic E-state index is 0.0755. The molecule has 0 saturated heterocycles. The number of halogens is 3. The first-order chi connectivity index (χ1) is 13.8. The largest absolute Gasteiger partial charge is 0.390 e. The molecule has 1 amide bonds. The van der Waals surface area contributed by atoms with E-state index >= 15 is 0 Å². The van der Waals surface area contributed by atoms with Gasteiger partial charge in [0.2, 0.25) is 5.91 Å². The molecule has 3 rings (SSSR count). The summed E-state index contributed by atoms with van der Waals surface area (Å²) < 4.78 is 0. The molecule has 1 atom stereocenters. The number of carbonyl (C=O) groups is 1. The second-order valence-electron chi connectivity index (χ2n) is 7.56. The Kier molecular flexibility index (Phi) is 7.44. The third kappa shape index (κ3) is 5.88. The van der Waals surface area contributed by atoms with Crippen LogP contribution in [-0.2, 0) is 16.2 Å². The topological polar surface area (TPSA) is 41.9 Å². The fourth-order valence-corrected chi connectivity index (χ4v) is 3.68. The monoisotopic (exact) mass is 452 g/mol. The molecule has 0 bridgehead atoms. The minimum Gasteiger partial charge on any atom is -0.390 e. The predicted molar refractivity (Wildman–Crippen MR) is 119 cm³/mol. The number of carbonyl (C=O) groups excluding carboxylic acids is 1. The van der Waals surface area contributed by atoms with E-state index in [0.29, 0.717) is 41.0 Å². The molecule has 2 aromatic rings. The molecule has 0 aliphatic carbocycles. The Balaban J connectivity index is 1.70. The molecule has 1 unspecified atom stereocenters. The van der Waals surface area contributed by atoms with Crippen LogP contribution in [0.3, 0.4) is 0 Å². The number of benzene rings is 2. The van der Waals surface area contributed by atoms with E-state index in [1.165, 1.54) is 0 Å². The van der Waals surface area contributed by atoms with Crippen LogP contribution >= 0.6 is 34.8 Å². The third-order valence-electron chi connectivity index (χ3n) is 4.66. The Labute approximate surface area is 186 Å². The Morgan fingerprint density at radius 3 is 2.59 bits per heavy atom. The summed E-state index contributed by atoms with van der Waals surface area (Å²) in [5.41, 5.74) is 2.57. The lowest BCUT2D eigenvalue weighted by Gasteiger charge is -2.26. The van der Waals surface area contributed by atoms with Crippen LogP contribution in [0.4, 0.5) is 0 Å². The zero-order valence-electron chi connectivity index (χ0n) is 16.4. The minimum atomic E-state index is -0.224. The van der Waals surface area contributed by atoms with Gasteiger partial charge in [0.25, 0.3) is 0 Å². The van der Waals surface area contributed by atoms with E-state index in [4.69, 9.17) is 39.6 Å². The van der Waals surface area contributed by atoms with Gasteiger partial charge in [0, 0.05) is 30.0 Å². The fraction of sp³-hybridized carbons (Fsp3) is 0.364. The zero-order chi connectivity index (χ0) is 21.0. The van der Waals surface area contributed by atoms with E-state index in [0.717, 1.165) is 16.8 Å². The second kappa shape index (κ2) is 9.84. The molecule has 0 aromatic heterocycles. The average molecular weight is 454 g/mol. The predicted octanol–water partition coefficient (Wildman–Crippen LogP) is 6.21. The zero-order valence-corrected chi connectivity index (χ0v) is 18.6. The molecule has 1 aliphatic heterocycles. The van der Waals surface area contributed by atoms with Gasteiger partial charge in [0.15, 0.2) is 6.10 Å². The maximum Gasteiger partial charge on any atom is 0.223 e. The highest BCUT2D eigenvalue weighted by atomic mass is 35.5. The molecule has 2 aromatic carbocycles. The standard InChI is InChI=1S/C22H23Cl3N2O2/c1-14(2)9-22(28)27(12-16-5-3-4-6-18(16)23)13-17-11-21(26-29-17)15-7-8-19(24)20(25)10-15/h3-8,10,14,17H,9,11-13H2,1-2H3. The molecule has 29 heavy (non-hydrogen) atoms. The number of rotatable bonds is 7. The highest BCUT2D eigenvalue weighted by molar-refractivity contribution is 6.42. The fourth-order valence-electron chi connectivity index (χ4n) is 3.18. The van der Waals surface area contributed by atoms with Crippen LogP contribution in [0, 0.1) is 5.92 Å². The SMILES string of the molecule is CC(C)CC(=O)N(Cc1ccccc1Cl)CC1CC(c2ccc(Cl)c(Cl)c2)=NO1. The van der Waals surface area contributed by atoms with Crippen LogP contribution in [0.2, 0.25) is 15.1 Å². The van der Waals surface area contributed by atoms with Gasteiger partial charge in [-0.05, 0) is 29.7 Å². The summed E-state index contributed by atoms with van der Waals surface area (Å²) in [6, 6.07) is 13.0. The Morgan fingerprint density at radius 2 is 1.90 bits per heavy atom. The van der Waals surface area contributed by atoms with Crippen LogP contribution in [-0.4, -0.2) is 29.2 Å². The van der Waals surface area contributed by atoms with Crippen molar-refractivity contribution in [2.45, 2.75) is 39.3 Å². The van der Waals surface area contributed by atoms with Gasteiger partial charge in [-0.25, -0.2) is 0 Å². The smallest absolute Gasteiger partial charge is 0.223 e. The highest BCUT2D eigenvalue weighted by Gasteiger charge is 2.27. The summed E-state index contributed by atoms with van der Waals surface area (Å²) in [7, 11) is 0. The maximum absolute atomic E-state index is 12.8. The summed E-state index contributed by atoms with van der Waals surface area (Å²) >= 11 is 18.4. The van der Waals surface area contributed by atoms with Crippen molar-refractivity contribution >= 4 is 46.4 Å². The van der Waals surface area contributed by atoms with Gasteiger partial charge >= 0.3 is 0 Å². The summed E-state index contributed by atoms with van der Waals surface area (Å²) in [4.78, 5) is 20.3. The van der Waals surface area contributed by atoms with Gasteiger partial charge < -0.3 is 9.74 Å². The number of oxime groups is 1. The van der Waals surface area contributed by atoms with Crippen molar-refractivity contribution in [1.82, 2.24) is 4.90 Å². The van der Waals surface area contributed by atoms with Gasteiger partial charge in [0.1, 0.15) is 0 Å². The summed E-state index contributed by atoms with van der Waals surface area (Å²) in [6.07, 6.45) is 0.835. The molecule has 1 heterocycles. The van der Waals surface area contributed by atoms with E-state index in [-0.39, 0.29) is 17.9 Å². The Bertz CT molecular complexity index is 915. The molecule has 0 spiro atoms. The van der Waals surface area contributed by atoms with Crippen LogP contribution in [0.25, 0.3) is 0 Å². The molecule has 0 radical (unpaired) electrons. The summed E-state index contributed by atoms with van der Waals surface area (Å²) in [5.74, 6) is 0.343. The number of nitrogens with zero attached hydrogens (tertiary/aromatic N) is 2. The molecule has 7 heteroatoms. The maximum atomic E-state index is 12.8. The molecule has 1 aliphatic rings. The normalized spacial score (nSPS) is 15.9. The molecule has 4 nitrogen and oxygen atoms in total. The van der Waals surface area contributed by atoms with Gasteiger partial charge in [-0.1, -0.05) is 78.1 Å². The first-order valence-corrected chi connectivity index (χ1v) is 10.7. The van der Waals surface area contributed by atoms with Crippen molar-refractivity contribution in [3.05, 3.63) is 68.7 Å². The lowest BCUT2D eigenvalue weighted by atomic mass is 10.0. The van der Waals surface area contributed by atoms with Crippen molar-refractivity contribution in [2.24, 2.45) is 11.1 Å². The van der Waals surface area contributed by atoms with Crippen LogP contribution < -0.4 is 0 Å². The van der Waals surface area contributed by atoms with E-state index < -0.39 is 0 Å². The average Bonchev–Trinajstić information content (AvgIpc) is 3.13. The van der Waals surface area contributed by atoms with E-state index in [1.807, 2.05) is 44.2 Å². The quantitative estimate of drug-likeness (QED) is 0.500. The summed E-state index contributed by atoms with van der Waals surface area (Å²) in [6.45, 7) is 4.94. The van der Waals surface area contributed by atoms with Gasteiger partial charge in [-0.3, -0.25) is 4.79 Å². The molecule has 0 fully saturated rings. The molecule has 0 saturated carbocycles. The molecular formula is C22H23Cl3N2O2. The first-order valence-electron chi connectivity index (χ1n) is 9.52. The van der Waals surface area contributed by atoms with Crippen LogP contribution in [0.5, 0.6) is 0 Å². The molecule has 0 N–H and O–H groups in total. The first kappa shape index (κ1) is 21.9. The highest BCUT2D eigenvalue weighted by Crippen LogP contribution is 2.26. The van der Waals surface area contributed by atoms with Crippen LogP contribution in [0.1, 0.15) is 37.8 Å². The van der Waals surface area contributed by atoms with Crippen LogP contribution in [0.15, 0.2) is 47.6 Å². The van der Waals surface area contributed by atoms with Crippen molar-refractivity contribution in [3.63, 3.8) is 0 Å². The lowest BCUT2D eigenvalue weighted by Crippen LogP contribution is -2.37. The van der Waals surface area contributed by atoms with Crippen molar-refractivity contribution in [3.8, 4) is 0 Å². The van der Waals surface area contributed by atoms with E-state index in [1.54, 1.807) is 17.0 Å². The number of amides is 1. The van der Waals surface area contributed by atoms with E-state index in [2.05, 4.69) is 5.16 Å². The Hall–Kier alpha value is -1.75. The van der Waals surface area contributed by atoms with Crippen molar-refractivity contribution < 1.29 is 9.63 Å². The lowest BCUT2D eigenvalue weighted by molar-refractivity contribution is -0.134. The van der Waals surface area contributed by atoms with Gasteiger partial charge in [-0.15, -0.1) is 0 Å². The molecular weight excluding hydrogens is 431 g/mol.